The molecule has 2 heterocycles. The van der Waals surface area contributed by atoms with Crippen LogP contribution in [-0.4, -0.2) is 32.6 Å². The van der Waals surface area contributed by atoms with Crippen LogP contribution in [0.25, 0.3) is 5.82 Å². The summed E-state index contributed by atoms with van der Waals surface area (Å²) >= 11 is 19.2. The van der Waals surface area contributed by atoms with Gasteiger partial charge in [-0.2, -0.15) is 5.10 Å². The molecule has 0 saturated heterocycles. The summed E-state index contributed by atoms with van der Waals surface area (Å²) in [5.74, 6) is 0.269. The number of rotatable bonds is 7. The topological polar surface area (TPSA) is 88.9 Å². The Balaban J connectivity index is 1.57. The molecule has 0 spiro atoms. The lowest BCUT2D eigenvalue weighted by molar-refractivity contribution is -0.115. The summed E-state index contributed by atoms with van der Waals surface area (Å²) in [6.45, 7) is 1.98. The molecule has 172 valence electrons. The first-order valence-electron chi connectivity index (χ1n) is 10.2. The Morgan fingerprint density at radius 2 is 2.00 bits per heavy atom. The lowest BCUT2D eigenvalue weighted by Crippen LogP contribution is -2.34. The van der Waals surface area contributed by atoms with Crippen LogP contribution in [-0.2, 0) is 11.2 Å². The van der Waals surface area contributed by atoms with E-state index in [1.54, 1.807) is 36.5 Å². The van der Waals surface area contributed by atoms with Gasteiger partial charge in [0.05, 0.1) is 28.4 Å². The van der Waals surface area contributed by atoms with Crippen molar-refractivity contribution in [1.29, 1.82) is 0 Å². The Bertz CT molecular complexity index is 1230. The third-order valence-corrected chi connectivity index (χ3v) is 6.81. The highest BCUT2D eigenvalue weighted by atomic mass is 79.9. The molecule has 1 unspecified atom stereocenters. The number of nitrogens with one attached hydrogen (secondary N) is 2. The predicted molar refractivity (Wildman–Crippen MR) is 135 cm³/mol. The Labute approximate surface area is 217 Å². The average molecular weight is 616 g/mol. The van der Waals surface area contributed by atoms with Gasteiger partial charge in [0.1, 0.15) is 4.60 Å². The van der Waals surface area contributed by atoms with Crippen molar-refractivity contribution in [2.24, 2.45) is 5.92 Å². The first-order chi connectivity index (χ1) is 15.7. The van der Waals surface area contributed by atoms with E-state index in [4.69, 9.17) is 23.2 Å². The fourth-order valence-electron chi connectivity index (χ4n) is 3.46. The number of carbonyl (C=O) groups is 2. The molecule has 2 N–H and O–H groups in total. The zero-order chi connectivity index (χ0) is 23.7. The smallest absolute Gasteiger partial charge is 0.253 e. The van der Waals surface area contributed by atoms with Crippen molar-refractivity contribution in [2.75, 3.05) is 5.32 Å². The van der Waals surface area contributed by atoms with Crippen LogP contribution >= 0.6 is 55.1 Å². The normalized spacial score (nSPS) is 14.1. The lowest BCUT2D eigenvalue weighted by Gasteiger charge is -2.17. The van der Waals surface area contributed by atoms with Crippen LogP contribution < -0.4 is 10.6 Å². The van der Waals surface area contributed by atoms with E-state index >= 15 is 0 Å². The number of hydrogen-bond donors (Lipinski definition) is 2. The first kappa shape index (κ1) is 24.2. The predicted octanol–water partition coefficient (Wildman–Crippen LogP) is 5.81. The molecular formula is C22H19Br2Cl2N5O2. The summed E-state index contributed by atoms with van der Waals surface area (Å²) in [5.41, 5.74) is 1.21. The molecule has 1 saturated carbocycles. The maximum Gasteiger partial charge on any atom is 0.253 e. The number of anilines is 1. The van der Waals surface area contributed by atoms with Gasteiger partial charge in [-0.1, -0.05) is 23.2 Å². The second kappa shape index (κ2) is 10.1. The van der Waals surface area contributed by atoms with Crippen molar-refractivity contribution in [1.82, 2.24) is 20.1 Å². The third kappa shape index (κ3) is 5.77. The maximum absolute atomic E-state index is 13.0. The Hall–Kier alpha value is -1.94. The second-order valence-corrected chi connectivity index (χ2v) is 10.3. The molecule has 11 heteroatoms. The molecule has 2 amide bonds. The van der Waals surface area contributed by atoms with Gasteiger partial charge < -0.3 is 10.6 Å². The van der Waals surface area contributed by atoms with Gasteiger partial charge in [0.2, 0.25) is 5.91 Å². The van der Waals surface area contributed by atoms with E-state index in [1.807, 2.05) is 6.92 Å². The number of aromatic nitrogens is 3. The van der Waals surface area contributed by atoms with Crippen molar-refractivity contribution >= 4 is 72.6 Å². The van der Waals surface area contributed by atoms with Crippen LogP contribution in [0.3, 0.4) is 0 Å². The molecule has 0 bridgehead atoms. The SMILES string of the molecule is CC(NC(=O)c1cc(Cl)cc(Br)c1NC(=O)Cc1cc(Br)nn1-c1ncccc1Cl)C1CC1. The van der Waals surface area contributed by atoms with E-state index in [0.717, 1.165) is 12.8 Å². The molecule has 33 heavy (non-hydrogen) atoms. The number of benzene rings is 1. The quantitative estimate of drug-likeness (QED) is 0.351. The number of nitrogens with zero attached hydrogens (tertiary/aromatic N) is 3. The fraction of sp³-hybridized carbons (Fsp3) is 0.273. The van der Waals surface area contributed by atoms with E-state index in [0.29, 0.717) is 42.2 Å². The van der Waals surface area contributed by atoms with Crippen LogP contribution in [0.15, 0.2) is 45.6 Å². The van der Waals surface area contributed by atoms with Crippen LogP contribution in [0.2, 0.25) is 10.0 Å². The highest BCUT2D eigenvalue weighted by Crippen LogP contribution is 2.34. The second-order valence-electron chi connectivity index (χ2n) is 7.81. The van der Waals surface area contributed by atoms with Crippen molar-refractivity contribution < 1.29 is 9.59 Å². The Kier molecular flexibility index (Phi) is 7.43. The summed E-state index contributed by atoms with van der Waals surface area (Å²) in [6.07, 6.45) is 3.78. The molecule has 0 radical (unpaired) electrons. The van der Waals surface area contributed by atoms with Crippen molar-refractivity contribution in [3.63, 3.8) is 0 Å². The fourth-order valence-corrected chi connectivity index (χ4v) is 4.99. The monoisotopic (exact) mass is 613 g/mol. The van der Waals surface area contributed by atoms with Gasteiger partial charge in [0, 0.05) is 21.7 Å². The van der Waals surface area contributed by atoms with Crippen molar-refractivity contribution in [2.45, 2.75) is 32.2 Å². The first-order valence-corrected chi connectivity index (χ1v) is 12.5. The number of amides is 2. The van der Waals surface area contributed by atoms with E-state index in [-0.39, 0.29) is 29.8 Å². The Morgan fingerprint density at radius 1 is 1.24 bits per heavy atom. The van der Waals surface area contributed by atoms with Crippen LogP contribution in [0.4, 0.5) is 5.69 Å². The van der Waals surface area contributed by atoms with Gasteiger partial charge in [-0.15, -0.1) is 0 Å². The molecule has 1 aliphatic carbocycles. The minimum Gasteiger partial charge on any atom is -0.349 e. The molecule has 1 fully saturated rings. The van der Waals surface area contributed by atoms with Gasteiger partial charge >= 0.3 is 0 Å². The molecule has 1 aliphatic rings. The highest BCUT2D eigenvalue weighted by molar-refractivity contribution is 9.10. The summed E-state index contributed by atoms with van der Waals surface area (Å²) in [4.78, 5) is 30.2. The van der Waals surface area contributed by atoms with Crippen molar-refractivity contribution in [3.8, 4) is 5.82 Å². The minimum absolute atomic E-state index is 0.0277. The molecule has 3 aromatic rings. The van der Waals surface area contributed by atoms with E-state index in [1.165, 1.54) is 4.68 Å². The lowest BCUT2D eigenvalue weighted by atomic mass is 10.1. The van der Waals surface area contributed by atoms with Gasteiger partial charge in [-0.05, 0) is 87.9 Å². The average Bonchev–Trinajstić information content (AvgIpc) is 3.54. The Morgan fingerprint density at radius 3 is 2.70 bits per heavy atom. The highest BCUT2D eigenvalue weighted by Gasteiger charge is 2.30. The molecule has 1 aromatic carbocycles. The maximum atomic E-state index is 13.0. The summed E-state index contributed by atoms with van der Waals surface area (Å²) in [6, 6.07) is 8.35. The largest absolute Gasteiger partial charge is 0.349 e. The zero-order valence-electron chi connectivity index (χ0n) is 17.4. The summed E-state index contributed by atoms with van der Waals surface area (Å²) in [7, 11) is 0. The molecule has 4 rings (SSSR count). The molecule has 1 atom stereocenters. The standard InChI is InChI=1S/C22H19Br2Cl2N5O2/c1-11(12-4-5-12)28-22(33)15-7-13(25)8-16(23)20(15)29-19(32)10-14-9-18(24)30-31(14)21-17(26)3-2-6-27-21/h2-3,6-9,11-12H,4-5,10H2,1H3,(H,28,33)(H,29,32). The van der Waals surface area contributed by atoms with Gasteiger partial charge in [-0.25, -0.2) is 9.67 Å². The van der Waals surface area contributed by atoms with E-state index < -0.39 is 0 Å². The van der Waals surface area contributed by atoms with Gasteiger partial charge in [0.15, 0.2) is 5.82 Å². The van der Waals surface area contributed by atoms with Crippen LogP contribution in [0.5, 0.6) is 0 Å². The summed E-state index contributed by atoms with van der Waals surface area (Å²) < 4.78 is 2.55. The zero-order valence-corrected chi connectivity index (χ0v) is 22.1. The molecule has 0 aliphatic heterocycles. The van der Waals surface area contributed by atoms with Gasteiger partial charge in [-0.3, -0.25) is 9.59 Å². The van der Waals surface area contributed by atoms with E-state index in [2.05, 4.69) is 52.6 Å². The molecule has 2 aromatic heterocycles. The van der Waals surface area contributed by atoms with Crippen LogP contribution in [0.1, 0.15) is 35.8 Å². The molecular weight excluding hydrogens is 597 g/mol. The van der Waals surface area contributed by atoms with E-state index in [9.17, 15) is 9.59 Å². The van der Waals surface area contributed by atoms with Gasteiger partial charge in [0.25, 0.3) is 5.91 Å². The minimum atomic E-state index is -0.344. The number of hydrogen-bond acceptors (Lipinski definition) is 4. The summed E-state index contributed by atoms with van der Waals surface area (Å²) in [5, 5.41) is 11.0. The number of carbonyl (C=O) groups excluding carboxylic acids is 2. The molecule has 7 nitrogen and oxygen atoms in total. The number of pyridine rings is 1. The van der Waals surface area contributed by atoms with Crippen LogP contribution in [0, 0.1) is 5.92 Å². The van der Waals surface area contributed by atoms with Crippen molar-refractivity contribution in [3.05, 3.63) is 66.9 Å². The number of halogens is 4. The third-order valence-electron chi connectivity index (χ3n) is 5.29.